The van der Waals surface area contributed by atoms with Crippen molar-refractivity contribution in [3.63, 3.8) is 0 Å². The monoisotopic (exact) mass is 840 g/mol. The van der Waals surface area contributed by atoms with Crippen molar-refractivity contribution in [2.24, 2.45) is 10.8 Å². The molecule has 49 heavy (non-hydrogen) atoms. The van der Waals surface area contributed by atoms with Crippen LogP contribution in [-0.2, 0) is 30.3 Å². The summed E-state index contributed by atoms with van der Waals surface area (Å²) in [6.07, 6.45) is 9.62. The van der Waals surface area contributed by atoms with E-state index in [0.717, 1.165) is 58.7 Å². The average molecular weight is 840 g/mol. The number of allylic oxidation sites excluding steroid dienone is 2. The number of fused-ring (bicyclic) bond motifs is 4. The van der Waals surface area contributed by atoms with Crippen molar-refractivity contribution in [2.45, 2.75) is 100 Å². The largest absolute Gasteiger partial charge is 0.512 e. The number of aliphatic hydroxyl groups is 1. The Hall–Kier alpha value is -3.80. The van der Waals surface area contributed by atoms with Crippen molar-refractivity contribution in [3.8, 4) is 11.3 Å². The smallest absolute Gasteiger partial charge is 0.223 e. The predicted octanol–water partition coefficient (Wildman–Crippen LogP) is 12.0. The molecule has 0 aliphatic rings. The zero-order valence-electron chi connectivity index (χ0n) is 30.7. The maximum atomic E-state index is 12.2. The number of benzene rings is 2. The Morgan fingerprint density at radius 3 is 2.16 bits per heavy atom. The minimum atomic E-state index is -0.337. The van der Waals surface area contributed by atoms with Gasteiger partial charge in [-0.1, -0.05) is 104 Å². The van der Waals surface area contributed by atoms with E-state index >= 15 is 0 Å². The molecule has 3 aromatic heterocycles. The summed E-state index contributed by atoms with van der Waals surface area (Å²) in [4.78, 5) is 21.3. The van der Waals surface area contributed by atoms with Crippen LogP contribution in [0.3, 0.4) is 0 Å². The molecule has 0 unspecified atom stereocenters. The molecule has 0 aliphatic carbocycles. The van der Waals surface area contributed by atoms with E-state index in [1.807, 2.05) is 72.7 Å². The number of hydrogen-bond donors (Lipinski definition) is 1. The molecule has 0 atom stereocenters. The van der Waals surface area contributed by atoms with Crippen molar-refractivity contribution >= 4 is 38.6 Å². The Morgan fingerprint density at radius 1 is 0.878 bits per heavy atom. The van der Waals surface area contributed by atoms with Crippen LogP contribution < -0.4 is 0 Å². The molecular formula is C42H51IrN2O4-. The van der Waals surface area contributed by atoms with Gasteiger partial charge in [0.05, 0.1) is 12.5 Å². The topological polar surface area (TPSA) is 89.4 Å². The van der Waals surface area contributed by atoms with Gasteiger partial charge in [0, 0.05) is 59.5 Å². The third kappa shape index (κ3) is 8.68. The van der Waals surface area contributed by atoms with E-state index < -0.39 is 0 Å². The van der Waals surface area contributed by atoms with Crippen molar-refractivity contribution in [1.29, 1.82) is 0 Å². The van der Waals surface area contributed by atoms with Gasteiger partial charge in [-0.15, -0.1) is 29.1 Å². The number of furan rings is 1. The maximum absolute atomic E-state index is 12.2. The molecule has 0 amide bonds. The molecule has 1 radical (unpaired) electrons. The SMILES string of the molecule is CCC(C)(CC)C(=O)/C=C(\O)C(C)(CC)CC.Cc1ccc2c(ccoc1)oc1ncnc(-c3[c-]c4ccccc4c(C(C)(C)C)c3)c12.[Ir]. The third-order valence-electron chi connectivity index (χ3n) is 10.1. The van der Waals surface area contributed by atoms with Gasteiger partial charge in [-0.25, -0.2) is 4.98 Å². The summed E-state index contributed by atoms with van der Waals surface area (Å²) in [6, 6.07) is 20.0. The van der Waals surface area contributed by atoms with Gasteiger partial charge in [0.1, 0.15) is 17.7 Å². The van der Waals surface area contributed by atoms with Crippen molar-refractivity contribution in [1.82, 2.24) is 9.97 Å². The fraction of sp³-hybridized carbons (Fsp3) is 0.405. The molecule has 0 aliphatic heterocycles. The summed E-state index contributed by atoms with van der Waals surface area (Å²) >= 11 is 0. The Bertz CT molecular complexity index is 1990. The zero-order chi connectivity index (χ0) is 35.3. The number of rotatable bonds is 8. The summed E-state index contributed by atoms with van der Waals surface area (Å²) < 4.78 is 11.5. The van der Waals surface area contributed by atoms with Crippen LogP contribution in [0.25, 0.3) is 44.1 Å². The second kappa shape index (κ2) is 16.3. The van der Waals surface area contributed by atoms with Crippen LogP contribution in [0, 0.1) is 23.8 Å². The zero-order valence-corrected chi connectivity index (χ0v) is 33.1. The van der Waals surface area contributed by atoms with E-state index in [0.29, 0.717) is 11.3 Å². The van der Waals surface area contributed by atoms with Crippen molar-refractivity contribution in [3.05, 3.63) is 96.4 Å². The second-order valence-electron chi connectivity index (χ2n) is 14.2. The molecule has 0 bridgehead atoms. The van der Waals surface area contributed by atoms with E-state index in [-0.39, 0.29) is 47.9 Å². The van der Waals surface area contributed by atoms with E-state index in [1.54, 1.807) is 18.9 Å². The van der Waals surface area contributed by atoms with Crippen molar-refractivity contribution < 1.29 is 38.8 Å². The molecule has 0 saturated carbocycles. The van der Waals surface area contributed by atoms with E-state index in [1.165, 1.54) is 17.0 Å². The standard InChI is InChI=1S/C27H23N2O2.C15H28O2.Ir/c1-17-9-10-21-23(11-12-30-15-17)31-26-24(21)25(28-16-29-26)19-13-18-7-5-6-8-20(18)22(14-19)27(2,3)4;1-7-14(5,8-2)12(16)11-13(17)15(6,9-3)10-4;/h5-12,14-16H,1-4H3;11,16H,7-10H2,1-6H3;/q-1;;/b;12-11-;. The molecular weight excluding hydrogens is 789 g/mol. The summed E-state index contributed by atoms with van der Waals surface area (Å²) in [5.74, 6) is 0.286. The predicted molar refractivity (Wildman–Crippen MR) is 198 cm³/mol. The Labute approximate surface area is 305 Å². The summed E-state index contributed by atoms with van der Waals surface area (Å²) in [5, 5.41) is 14.2. The number of carbonyl (C=O) groups excluding carboxylic acids is 1. The molecule has 7 heteroatoms. The summed E-state index contributed by atoms with van der Waals surface area (Å²) in [5.41, 5.74) is 4.60. The molecule has 0 fully saturated rings. The summed E-state index contributed by atoms with van der Waals surface area (Å²) in [7, 11) is 0. The van der Waals surface area contributed by atoms with Crippen LogP contribution in [0.5, 0.6) is 0 Å². The summed E-state index contributed by atoms with van der Waals surface area (Å²) in [6.45, 7) is 20.8. The fourth-order valence-electron chi connectivity index (χ4n) is 5.63. The fourth-order valence-corrected chi connectivity index (χ4v) is 5.63. The van der Waals surface area contributed by atoms with Crippen LogP contribution in [0.15, 0.2) is 88.1 Å². The van der Waals surface area contributed by atoms with Crippen molar-refractivity contribution in [2.75, 3.05) is 0 Å². The van der Waals surface area contributed by atoms with Gasteiger partial charge in [0.15, 0.2) is 5.78 Å². The molecule has 0 saturated heterocycles. The number of aryl methyl sites for hydroxylation is 1. The molecule has 0 spiro atoms. The number of hydrogen-bond acceptors (Lipinski definition) is 6. The third-order valence-corrected chi connectivity index (χ3v) is 10.1. The van der Waals surface area contributed by atoms with Gasteiger partial charge in [0.25, 0.3) is 0 Å². The normalized spacial score (nSPS) is 12.3. The second-order valence-corrected chi connectivity index (χ2v) is 14.2. The molecule has 2 aromatic carbocycles. The minimum Gasteiger partial charge on any atom is -0.512 e. The first kappa shape index (κ1) is 39.6. The first-order valence-electron chi connectivity index (χ1n) is 17.1. The van der Waals surface area contributed by atoms with Crippen LogP contribution in [-0.4, -0.2) is 20.9 Å². The first-order valence-corrected chi connectivity index (χ1v) is 17.1. The number of aromatic nitrogens is 2. The van der Waals surface area contributed by atoms with Gasteiger partial charge in [-0.3, -0.25) is 9.78 Å². The van der Waals surface area contributed by atoms with Crippen LogP contribution in [0.4, 0.5) is 0 Å². The Balaban J connectivity index is 0.000000312. The quantitative estimate of drug-likeness (QED) is 0.0951. The number of ketones is 1. The van der Waals surface area contributed by atoms with Gasteiger partial charge in [-0.05, 0) is 43.6 Å². The van der Waals surface area contributed by atoms with E-state index in [4.69, 9.17) is 8.83 Å². The van der Waals surface area contributed by atoms with E-state index in [9.17, 15) is 9.90 Å². The Morgan fingerprint density at radius 2 is 1.53 bits per heavy atom. The number of aliphatic hydroxyl groups excluding tert-OH is 1. The number of carbonyl (C=O) groups is 1. The minimum absolute atomic E-state index is 0. The average Bonchev–Trinajstić information content (AvgIpc) is 3.47. The maximum Gasteiger partial charge on any atom is 0.223 e. The van der Waals surface area contributed by atoms with Gasteiger partial charge in [0.2, 0.25) is 5.71 Å². The molecule has 263 valence electrons. The molecule has 5 aromatic rings. The first-order chi connectivity index (χ1) is 22.7. The van der Waals surface area contributed by atoms with Gasteiger partial charge < -0.3 is 13.9 Å². The van der Waals surface area contributed by atoms with Gasteiger partial charge in [-0.2, -0.15) is 0 Å². The Kier molecular flexibility index (Phi) is 13.2. The van der Waals surface area contributed by atoms with Crippen LogP contribution in [0.2, 0.25) is 0 Å². The molecule has 6 nitrogen and oxygen atoms in total. The van der Waals surface area contributed by atoms with Crippen LogP contribution >= 0.6 is 0 Å². The van der Waals surface area contributed by atoms with E-state index in [2.05, 4.69) is 61.1 Å². The molecule has 3 heterocycles. The number of nitrogens with zero attached hydrogens (tertiary/aromatic N) is 2. The van der Waals surface area contributed by atoms with Gasteiger partial charge >= 0.3 is 0 Å². The van der Waals surface area contributed by atoms with Crippen LogP contribution in [0.1, 0.15) is 99.1 Å². The molecule has 5 rings (SSSR count). The molecule has 1 N–H and O–H groups in total.